The number of amides is 1. The van der Waals surface area contributed by atoms with Gasteiger partial charge in [-0.1, -0.05) is 6.42 Å². The zero-order valence-corrected chi connectivity index (χ0v) is 15.0. The Bertz CT molecular complexity index is 645. The summed E-state index contributed by atoms with van der Waals surface area (Å²) >= 11 is 1.97. The second-order valence-corrected chi connectivity index (χ2v) is 7.38. The van der Waals surface area contributed by atoms with Crippen molar-refractivity contribution in [2.75, 3.05) is 6.61 Å². The molecule has 0 bridgehead atoms. The van der Waals surface area contributed by atoms with Crippen molar-refractivity contribution in [2.45, 2.75) is 44.8 Å². The SMILES string of the molecule is CCO[C@@H]1C[C@@H](NC(=O)c2ccc([N+](=O)[O-])cc2I)C12CCC2. The average molecular weight is 430 g/mol. The van der Waals surface area contributed by atoms with E-state index in [1.807, 2.05) is 29.5 Å². The molecule has 1 spiro atoms. The molecule has 2 saturated carbocycles. The van der Waals surface area contributed by atoms with Crippen molar-refractivity contribution in [3.63, 3.8) is 0 Å². The standard InChI is InChI=1S/C16H19IN2O4/c1-2-23-14-9-13(16(14)6-3-7-16)18-15(20)11-5-4-10(19(21)22)8-12(11)17/h4-5,8,13-14H,2-3,6-7,9H2,1H3,(H,18,20)/t13-,14-/m1/s1. The summed E-state index contributed by atoms with van der Waals surface area (Å²) in [5.41, 5.74) is 0.602. The van der Waals surface area contributed by atoms with Crippen LogP contribution in [0.4, 0.5) is 5.69 Å². The quantitative estimate of drug-likeness (QED) is 0.442. The van der Waals surface area contributed by atoms with Gasteiger partial charge >= 0.3 is 0 Å². The normalized spacial score (nSPS) is 24.6. The number of carbonyl (C=O) groups excluding carboxylic acids is 1. The van der Waals surface area contributed by atoms with E-state index in [1.54, 1.807) is 0 Å². The average Bonchev–Trinajstić information content (AvgIpc) is 2.43. The van der Waals surface area contributed by atoms with Crippen molar-refractivity contribution < 1.29 is 14.5 Å². The maximum atomic E-state index is 12.5. The maximum Gasteiger partial charge on any atom is 0.270 e. The van der Waals surface area contributed by atoms with Gasteiger partial charge in [0.15, 0.2) is 0 Å². The summed E-state index contributed by atoms with van der Waals surface area (Å²) in [7, 11) is 0. The molecule has 1 amide bonds. The second kappa shape index (κ2) is 6.35. The Balaban J connectivity index is 1.69. The van der Waals surface area contributed by atoms with Gasteiger partial charge in [-0.15, -0.1) is 0 Å². The second-order valence-electron chi connectivity index (χ2n) is 6.21. The zero-order valence-electron chi connectivity index (χ0n) is 12.9. The molecule has 2 aliphatic rings. The van der Waals surface area contributed by atoms with Crippen LogP contribution in [0.5, 0.6) is 0 Å². The number of hydrogen-bond acceptors (Lipinski definition) is 4. The van der Waals surface area contributed by atoms with Crippen LogP contribution in [0.15, 0.2) is 18.2 Å². The lowest BCUT2D eigenvalue weighted by molar-refractivity contribution is -0.384. The van der Waals surface area contributed by atoms with Crippen LogP contribution in [0.2, 0.25) is 0 Å². The lowest BCUT2D eigenvalue weighted by Crippen LogP contribution is -2.67. The first kappa shape index (κ1) is 16.6. The van der Waals surface area contributed by atoms with Gasteiger partial charge in [-0.05, 0) is 54.8 Å². The van der Waals surface area contributed by atoms with Crippen LogP contribution in [0.1, 0.15) is 43.0 Å². The molecule has 7 heteroatoms. The van der Waals surface area contributed by atoms with Crippen LogP contribution >= 0.6 is 22.6 Å². The molecular formula is C16H19IN2O4. The van der Waals surface area contributed by atoms with Gasteiger partial charge in [-0.2, -0.15) is 0 Å². The van der Waals surface area contributed by atoms with Crippen LogP contribution in [0.3, 0.4) is 0 Å². The first-order chi connectivity index (χ1) is 11.0. The molecule has 0 unspecified atom stereocenters. The summed E-state index contributed by atoms with van der Waals surface area (Å²) in [6, 6.07) is 4.48. The van der Waals surface area contributed by atoms with Gasteiger partial charge in [-0.25, -0.2) is 0 Å². The minimum absolute atomic E-state index is 0.00136. The number of carbonyl (C=O) groups is 1. The van der Waals surface area contributed by atoms with Crippen molar-refractivity contribution in [1.29, 1.82) is 0 Å². The monoisotopic (exact) mass is 430 g/mol. The molecule has 23 heavy (non-hydrogen) atoms. The number of nitrogens with zero attached hydrogens (tertiary/aromatic N) is 1. The molecule has 3 rings (SSSR count). The summed E-state index contributed by atoms with van der Waals surface area (Å²) < 4.78 is 6.39. The highest BCUT2D eigenvalue weighted by Gasteiger charge is 2.59. The number of nitrogens with one attached hydrogen (secondary N) is 1. The first-order valence-electron chi connectivity index (χ1n) is 7.84. The number of nitro groups is 1. The fourth-order valence-electron chi connectivity index (χ4n) is 3.68. The molecular weight excluding hydrogens is 411 g/mol. The molecule has 1 aromatic carbocycles. The van der Waals surface area contributed by atoms with E-state index < -0.39 is 4.92 Å². The molecule has 2 aliphatic carbocycles. The third kappa shape index (κ3) is 2.84. The Hall–Kier alpha value is -1.22. The van der Waals surface area contributed by atoms with Gasteiger partial charge in [0.2, 0.25) is 0 Å². The summed E-state index contributed by atoms with van der Waals surface area (Å²) in [6.45, 7) is 2.70. The third-order valence-corrected chi connectivity index (χ3v) is 6.04. The van der Waals surface area contributed by atoms with Crippen molar-refractivity contribution in [3.8, 4) is 0 Å². The maximum absolute atomic E-state index is 12.5. The smallest absolute Gasteiger partial charge is 0.270 e. The number of hydrogen-bond donors (Lipinski definition) is 1. The summed E-state index contributed by atoms with van der Waals surface area (Å²) in [5.74, 6) is -0.157. The Morgan fingerprint density at radius 2 is 2.26 bits per heavy atom. The van der Waals surface area contributed by atoms with Gasteiger partial charge < -0.3 is 10.1 Å². The van der Waals surface area contributed by atoms with E-state index in [2.05, 4.69) is 5.32 Å². The topological polar surface area (TPSA) is 81.5 Å². The van der Waals surface area contributed by atoms with Crippen LogP contribution < -0.4 is 5.32 Å². The lowest BCUT2D eigenvalue weighted by Gasteiger charge is -2.61. The highest BCUT2D eigenvalue weighted by molar-refractivity contribution is 14.1. The van der Waals surface area contributed by atoms with Gasteiger partial charge in [0.05, 0.1) is 16.6 Å². The van der Waals surface area contributed by atoms with Crippen LogP contribution in [-0.4, -0.2) is 29.6 Å². The molecule has 2 atom stereocenters. The van der Waals surface area contributed by atoms with Gasteiger partial charge in [0, 0.05) is 33.8 Å². The summed E-state index contributed by atoms with van der Waals surface area (Å²) in [6.07, 6.45) is 4.48. The van der Waals surface area contributed by atoms with Crippen molar-refractivity contribution in [3.05, 3.63) is 37.4 Å². The van der Waals surface area contributed by atoms with Crippen LogP contribution in [-0.2, 0) is 4.74 Å². The Morgan fingerprint density at radius 1 is 1.52 bits per heavy atom. The predicted molar refractivity (Wildman–Crippen MR) is 93.4 cm³/mol. The van der Waals surface area contributed by atoms with E-state index in [-0.39, 0.29) is 29.2 Å². The minimum Gasteiger partial charge on any atom is -0.378 e. The number of halogens is 1. The highest BCUT2D eigenvalue weighted by atomic mass is 127. The fraction of sp³-hybridized carbons (Fsp3) is 0.562. The van der Waals surface area contributed by atoms with Gasteiger partial charge in [0.1, 0.15) is 0 Å². The van der Waals surface area contributed by atoms with Crippen molar-refractivity contribution in [1.82, 2.24) is 5.32 Å². The molecule has 0 saturated heterocycles. The first-order valence-corrected chi connectivity index (χ1v) is 8.92. The highest BCUT2D eigenvalue weighted by Crippen LogP contribution is 2.57. The Labute approximate surface area is 148 Å². The Kier molecular flexibility index (Phi) is 4.59. The van der Waals surface area contributed by atoms with E-state index in [1.165, 1.54) is 24.6 Å². The van der Waals surface area contributed by atoms with Gasteiger partial charge in [0.25, 0.3) is 11.6 Å². The molecule has 1 aromatic rings. The summed E-state index contributed by atoms with van der Waals surface area (Å²) in [5, 5.41) is 13.9. The number of ether oxygens (including phenoxy) is 1. The zero-order chi connectivity index (χ0) is 16.6. The Morgan fingerprint density at radius 3 is 2.78 bits per heavy atom. The number of benzene rings is 1. The molecule has 0 aliphatic heterocycles. The molecule has 124 valence electrons. The van der Waals surface area contributed by atoms with E-state index in [9.17, 15) is 14.9 Å². The van der Waals surface area contributed by atoms with Crippen molar-refractivity contribution in [2.24, 2.45) is 5.41 Å². The number of nitro benzene ring substituents is 1. The van der Waals surface area contributed by atoms with E-state index in [4.69, 9.17) is 4.74 Å². The molecule has 1 N–H and O–H groups in total. The molecule has 0 heterocycles. The number of non-ortho nitro benzene ring substituents is 1. The van der Waals surface area contributed by atoms with Crippen LogP contribution in [0, 0.1) is 19.1 Å². The number of rotatable bonds is 5. The lowest BCUT2D eigenvalue weighted by atomic mass is 9.51. The van der Waals surface area contributed by atoms with Crippen LogP contribution in [0.25, 0.3) is 0 Å². The largest absolute Gasteiger partial charge is 0.378 e. The predicted octanol–water partition coefficient (Wildman–Crippen LogP) is 3.28. The minimum atomic E-state index is -0.453. The van der Waals surface area contributed by atoms with Crippen molar-refractivity contribution >= 4 is 34.2 Å². The molecule has 0 aromatic heterocycles. The van der Waals surface area contributed by atoms with E-state index >= 15 is 0 Å². The fourth-order valence-corrected chi connectivity index (χ4v) is 4.42. The van der Waals surface area contributed by atoms with Gasteiger partial charge in [-0.3, -0.25) is 14.9 Å². The molecule has 2 fully saturated rings. The van der Waals surface area contributed by atoms with E-state index in [0.717, 1.165) is 19.3 Å². The third-order valence-electron chi connectivity index (χ3n) is 5.15. The molecule has 6 nitrogen and oxygen atoms in total. The molecule has 0 radical (unpaired) electrons. The van der Waals surface area contributed by atoms with E-state index in [0.29, 0.717) is 15.7 Å². The summed E-state index contributed by atoms with van der Waals surface area (Å²) in [4.78, 5) is 22.8.